The van der Waals surface area contributed by atoms with E-state index >= 15 is 0 Å². The second-order valence-electron chi connectivity index (χ2n) is 11.5. The molecule has 1 aromatic carbocycles. The average Bonchev–Trinajstić information content (AvgIpc) is 3.24. The minimum Gasteiger partial charge on any atom is -0.494 e. The van der Waals surface area contributed by atoms with E-state index in [0.29, 0.717) is 25.4 Å². The molecule has 2 aromatic rings. The Labute approximate surface area is 215 Å². The number of nitrogens with one attached hydrogen (secondary N) is 1. The van der Waals surface area contributed by atoms with E-state index in [2.05, 4.69) is 26.1 Å². The maximum atomic E-state index is 14.0. The molecule has 2 heterocycles. The van der Waals surface area contributed by atoms with E-state index in [1.165, 1.54) is 19.3 Å². The van der Waals surface area contributed by atoms with Crippen molar-refractivity contribution in [2.45, 2.75) is 110 Å². The first-order valence-electron chi connectivity index (χ1n) is 13.6. The van der Waals surface area contributed by atoms with E-state index in [1.54, 1.807) is 9.58 Å². The van der Waals surface area contributed by atoms with Crippen LogP contribution in [0.2, 0.25) is 0 Å². The first-order valence-corrected chi connectivity index (χ1v) is 13.6. The van der Waals surface area contributed by atoms with E-state index in [9.17, 15) is 9.59 Å². The number of fused-ring (bicyclic) bond motifs is 1. The summed E-state index contributed by atoms with van der Waals surface area (Å²) in [5.74, 6) is 0.463. The fraction of sp³-hybridized carbons (Fsp3) is 0.621. The fourth-order valence-electron chi connectivity index (χ4n) is 5.30. The van der Waals surface area contributed by atoms with Gasteiger partial charge in [-0.05, 0) is 38.8 Å². The molecule has 1 atom stereocenters. The average molecular weight is 495 g/mol. The van der Waals surface area contributed by atoms with Crippen LogP contribution in [0.4, 0.5) is 0 Å². The molecule has 0 saturated heterocycles. The minimum absolute atomic E-state index is 0.103. The summed E-state index contributed by atoms with van der Waals surface area (Å²) >= 11 is 0. The maximum absolute atomic E-state index is 14.0. The number of nitrogens with zero attached hydrogens (tertiary/aromatic N) is 3. The van der Waals surface area contributed by atoms with E-state index in [-0.39, 0.29) is 23.3 Å². The third kappa shape index (κ3) is 5.45. The molecular weight excluding hydrogens is 452 g/mol. The molecule has 0 spiro atoms. The van der Waals surface area contributed by atoms with Crippen molar-refractivity contribution in [3.8, 4) is 5.75 Å². The van der Waals surface area contributed by atoms with E-state index in [0.717, 1.165) is 42.7 Å². The van der Waals surface area contributed by atoms with Gasteiger partial charge in [0, 0.05) is 17.0 Å². The molecule has 7 heteroatoms. The Hall–Kier alpha value is -2.83. The molecule has 4 rings (SSSR count). The summed E-state index contributed by atoms with van der Waals surface area (Å²) in [6, 6.07) is 9.79. The van der Waals surface area contributed by atoms with Crippen molar-refractivity contribution in [3.05, 3.63) is 47.3 Å². The summed E-state index contributed by atoms with van der Waals surface area (Å²) in [6.07, 6.45) is 7.95. The zero-order chi connectivity index (χ0) is 25.9. The molecular formula is C29H42N4O3. The molecule has 1 aliphatic carbocycles. The van der Waals surface area contributed by atoms with E-state index in [4.69, 9.17) is 9.84 Å². The normalized spacial score (nSPS) is 21.5. The highest BCUT2D eigenvalue weighted by Gasteiger charge is 2.49. The van der Waals surface area contributed by atoms with Crippen molar-refractivity contribution < 1.29 is 14.3 Å². The van der Waals surface area contributed by atoms with Gasteiger partial charge in [0.2, 0.25) is 5.91 Å². The molecule has 196 valence electrons. The third-order valence-corrected chi connectivity index (χ3v) is 7.60. The minimum atomic E-state index is -1.08. The lowest BCUT2D eigenvalue weighted by Crippen LogP contribution is -2.64. The lowest BCUT2D eigenvalue weighted by molar-refractivity contribution is -0.134. The van der Waals surface area contributed by atoms with Crippen LogP contribution in [0.3, 0.4) is 0 Å². The Bertz CT molecular complexity index is 1080. The molecule has 1 aliphatic heterocycles. The SMILES string of the molecule is CCOc1ccccc1CN1C(=O)c2cc(C(C)(C)C)nn2C[C@]1(C)C(=O)NC1CCCCCCC1. The van der Waals surface area contributed by atoms with Gasteiger partial charge >= 0.3 is 0 Å². The number of para-hydroxylation sites is 1. The van der Waals surface area contributed by atoms with Gasteiger partial charge in [0.05, 0.1) is 25.4 Å². The van der Waals surface area contributed by atoms with Crippen molar-refractivity contribution in [1.82, 2.24) is 20.0 Å². The summed E-state index contributed by atoms with van der Waals surface area (Å²) in [5.41, 5.74) is 0.999. The zero-order valence-electron chi connectivity index (χ0n) is 22.6. The smallest absolute Gasteiger partial charge is 0.273 e. The summed E-state index contributed by atoms with van der Waals surface area (Å²) in [7, 11) is 0. The summed E-state index contributed by atoms with van der Waals surface area (Å²) in [6.45, 7) is 11.2. The second kappa shape index (κ2) is 10.7. The number of hydrogen-bond donors (Lipinski definition) is 1. The molecule has 0 unspecified atom stereocenters. The van der Waals surface area contributed by atoms with Gasteiger partial charge in [-0.15, -0.1) is 0 Å². The van der Waals surface area contributed by atoms with Crippen LogP contribution in [-0.4, -0.2) is 44.7 Å². The molecule has 36 heavy (non-hydrogen) atoms. The first-order chi connectivity index (χ1) is 17.1. The van der Waals surface area contributed by atoms with Gasteiger partial charge in [0.25, 0.3) is 5.91 Å². The first kappa shape index (κ1) is 26.2. The van der Waals surface area contributed by atoms with E-state index in [1.807, 2.05) is 44.2 Å². The van der Waals surface area contributed by atoms with Gasteiger partial charge in [-0.3, -0.25) is 14.3 Å². The molecule has 1 fully saturated rings. The lowest BCUT2D eigenvalue weighted by Gasteiger charge is -2.44. The second-order valence-corrected chi connectivity index (χ2v) is 11.5. The molecule has 2 amide bonds. The monoisotopic (exact) mass is 494 g/mol. The van der Waals surface area contributed by atoms with Gasteiger partial charge < -0.3 is 15.0 Å². The number of amides is 2. The van der Waals surface area contributed by atoms with Gasteiger partial charge in [0.1, 0.15) is 17.0 Å². The largest absolute Gasteiger partial charge is 0.494 e. The Morgan fingerprint density at radius 2 is 1.81 bits per heavy atom. The Balaban J connectivity index is 1.70. The van der Waals surface area contributed by atoms with Crippen LogP contribution in [0.1, 0.15) is 101 Å². The van der Waals surface area contributed by atoms with Crippen LogP contribution in [0.5, 0.6) is 5.75 Å². The number of ether oxygens (including phenoxy) is 1. The molecule has 1 N–H and O–H groups in total. The Morgan fingerprint density at radius 1 is 1.14 bits per heavy atom. The number of hydrogen-bond acceptors (Lipinski definition) is 4. The fourth-order valence-corrected chi connectivity index (χ4v) is 5.30. The van der Waals surface area contributed by atoms with Crippen molar-refractivity contribution >= 4 is 11.8 Å². The van der Waals surface area contributed by atoms with Crippen LogP contribution in [0, 0.1) is 0 Å². The zero-order valence-corrected chi connectivity index (χ0v) is 22.6. The van der Waals surface area contributed by atoms with Crippen LogP contribution < -0.4 is 10.1 Å². The van der Waals surface area contributed by atoms with Crippen molar-refractivity contribution in [2.24, 2.45) is 0 Å². The van der Waals surface area contributed by atoms with Gasteiger partial charge in [0.15, 0.2) is 0 Å². The molecule has 2 aliphatic rings. The quantitative estimate of drug-likeness (QED) is 0.597. The van der Waals surface area contributed by atoms with Gasteiger partial charge in [-0.25, -0.2) is 0 Å². The predicted molar refractivity (Wildman–Crippen MR) is 141 cm³/mol. The predicted octanol–water partition coefficient (Wildman–Crippen LogP) is 5.22. The lowest BCUT2D eigenvalue weighted by atomic mass is 9.91. The third-order valence-electron chi connectivity index (χ3n) is 7.60. The molecule has 1 saturated carbocycles. The highest BCUT2D eigenvalue weighted by molar-refractivity contribution is 5.99. The summed E-state index contributed by atoms with van der Waals surface area (Å²) in [5, 5.41) is 8.11. The number of carbonyl (C=O) groups excluding carboxylic acids is 2. The number of carbonyl (C=O) groups is 2. The van der Waals surface area contributed by atoms with E-state index < -0.39 is 5.54 Å². The highest BCUT2D eigenvalue weighted by atomic mass is 16.5. The van der Waals surface area contributed by atoms with Crippen molar-refractivity contribution in [1.29, 1.82) is 0 Å². The van der Waals surface area contributed by atoms with Crippen LogP contribution >= 0.6 is 0 Å². The molecule has 1 aromatic heterocycles. The van der Waals surface area contributed by atoms with Crippen molar-refractivity contribution in [2.75, 3.05) is 6.61 Å². The van der Waals surface area contributed by atoms with Crippen molar-refractivity contribution in [3.63, 3.8) is 0 Å². The number of rotatable bonds is 6. The Kier molecular flexibility index (Phi) is 7.76. The van der Waals surface area contributed by atoms with Gasteiger partial charge in [-0.2, -0.15) is 5.10 Å². The molecule has 7 nitrogen and oxygen atoms in total. The maximum Gasteiger partial charge on any atom is 0.273 e. The topological polar surface area (TPSA) is 76.5 Å². The van der Waals surface area contributed by atoms with Crippen LogP contribution in [-0.2, 0) is 23.3 Å². The Morgan fingerprint density at radius 3 is 2.47 bits per heavy atom. The highest BCUT2D eigenvalue weighted by Crippen LogP contribution is 2.33. The van der Waals surface area contributed by atoms with Crippen LogP contribution in [0.25, 0.3) is 0 Å². The molecule has 0 radical (unpaired) electrons. The van der Waals surface area contributed by atoms with Crippen LogP contribution in [0.15, 0.2) is 30.3 Å². The summed E-state index contributed by atoms with van der Waals surface area (Å²) in [4.78, 5) is 29.7. The standard InChI is InChI=1S/C29H42N4O3/c1-6-36-24-17-13-12-14-21(24)19-32-26(34)23-18-25(28(2,3)4)31-33(23)20-29(32,5)27(35)30-22-15-10-8-7-9-11-16-22/h12-14,17-18,22H,6-11,15-16,19-20H2,1-5H3,(H,30,35)/t29-/m1/s1. The summed E-state index contributed by atoms with van der Waals surface area (Å²) < 4.78 is 7.59. The van der Waals surface area contributed by atoms with Gasteiger partial charge in [-0.1, -0.05) is 71.1 Å². The number of aromatic nitrogens is 2. The molecule has 0 bridgehead atoms. The number of benzene rings is 1.